The summed E-state index contributed by atoms with van der Waals surface area (Å²) in [4.78, 5) is 20.1. The number of anilines is 1. The second kappa shape index (κ2) is 11.6. The number of thiazole rings is 1. The van der Waals surface area contributed by atoms with Gasteiger partial charge in [-0.2, -0.15) is 0 Å². The van der Waals surface area contributed by atoms with Crippen molar-refractivity contribution in [1.82, 2.24) is 4.98 Å². The van der Waals surface area contributed by atoms with Crippen LogP contribution in [0.4, 0.5) is 5.13 Å². The fourth-order valence-electron chi connectivity index (χ4n) is 3.49. The molecule has 0 saturated carbocycles. The molecule has 182 valence electrons. The van der Waals surface area contributed by atoms with E-state index in [1.807, 2.05) is 23.6 Å². The molecule has 0 bridgehead atoms. The molecule has 0 spiro atoms. The zero-order valence-electron chi connectivity index (χ0n) is 20.3. The Morgan fingerprint density at radius 2 is 1.59 bits per heavy atom. The van der Waals surface area contributed by atoms with Crippen LogP contribution in [0.3, 0.4) is 0 Å². The van der Waals surface area contributed by atoms with Gasteiger partial charge in [0, 0.05) is 23.1 Å². The lowest BCUT2D eigenvalue weighted by Gasteiger charge is -2.21. The maximum absolute atomic E-state index is 13.7. The Labute approximate surface area is 204 Å². The molecule has 0 atom stereocenters. The van der Waals surface area contributed by atoms with Crippen molar-refractivity contribution >= 4 is 22.4 Å². The molecule has 9 heteroatoms. The van der Waals surface area contributed by atoms with Crippen molar-refractivity contribution in [1.29, 1.82) is 0 Å². The maximum Gasteiger partial charge on any atom is 0.260 e. The van der Waals surface area contributed by atoms with Crippen LogP contribution >= 0.6 is 11.3 Å². The van der Waals surface area contributed by atoms with Crippen LogP contribution in [0.15, 0.2) is 35.7 Å². The van der Waals surface area contributed by atoms with Gasteiger partial charge in [0.15, 0.2) is 16.6 Å². The molecule has 0 radical (unpaired) electrons. The number of amides is 1. The van der Waals surface area contributed by atoms with E-state index in [-0.39, 0.29) is 5.91 Å². The summed E-state index contributed by atoms with van der Waals surface area (Å²) < 4.78 is 27.1. The number of hydrogen-bond donors (Lipinski definition) is 0. The lowest BCUT2D eigenvalue weighted by molar-refractivity contribution is 0.0985. The lowest BCUT2D eigenvalue weighted by Crippen LogP contribution is -2.32. The van der Waals surface area contributed by atoms with E-state index in [0.29, 0.717) is 51.7 Å². The van der Waals surface area contributed by atoms with Gasteiger partial charge in [0.1, 0.15) is 11.5 Å². The highest BCUT2D eigenvalue weighted by Gasteiger charge is 2.25. The van der Waals surface area contributed by atoms with Crippen LogP contribution in [0.1, 0.15) is 30.1 Å². The van der Waals surface area contributed by atoms with Crippen molar-refractivity contribution in [2.24, 2.45) is 0 Å². The van der Waals surface area contributed by atoms with Crippen LogP contribution in [0.2, 0.25) is 0 Å². The van der Waals surface area contributed by atoms with Crippen molar-refractivity contribution in [2.45, 2.75) is 19.8 Å². The normalized spacial score (nSPS) is 10.5. The summed E-state index contributed by atoms with van der Waals surface area (Å²) in [6, 6.07) is 8.85. The van der Waals surface area contributed by atoms with Crippen LogP contribution in [0.25, 0.3) is 11.3 Å². The number of benzene rings is 2. The average molecular weight is 487 g/mol. The standard InChI is InChI=1S/C25H30N2O6S/c1-7-8-11-27(24(28)16-12-21(31-4)23(33-6)22(13-16)32-5)25-26-19(15-34-25)18-14-17(29-2)9-10-20(18)30-3/h9-10,12-15H,7-8,11H2,1-6H3. The van der Waals surface area contributed by atoms with Gasteiger partial charge in [0.2, 0.25) is 5.75 Å². The molecule has 0 N–H and O–H groups in total. The number of ether oxygens (including phenoxy) is 5. The summed E-state index contributed by atoms with van der Waals surface area (Å²) in [6.45, 7) is 2.60. The molecule has 8 nitrogen and oxygen atoms in total. The summed E-state index contributed by atoms with van der Waals surface area (Å²) in [7, 11) is 7.80. The number of hydrogen-bond acceptors (Lipinski definition) is 8. The number of methoxy groups -OCH3 is 5. The third-order valence-corrected chi connectivity index (χ3v) is 6.16. The van der Waals surface area contributed by atoms with Gasteiger partial charge in [-0.15, -0.1) is 11.3 Å². The van der Waals surface area contributed by atoms with E-state index >= 15 is 0 Å². The zero-order chi connectivity index (χ0) is 24.7. The molecule has 1 aromatic heterocycles. The number of rotatable bonds is 11. The highest BCUT2D eigenvalue weighted by atomic mass is 32.1. The number of carbonyl (C=O) groups is 1. The molecule has 0 saturated heterocycles. The molecule has 0 aliphatic heterocycles. The van der Waals surface area contributed by atoms with Crippen LogP contribution < -0.4 is 28.6 Å². The van der Waals surface area contributed by atoms with E-state index in [2.05, 4.69) is 6.92 Å². The van der Waals surface area contributed by atoms with Gasteiger partial charge in [-0.1, -0.05) is 13.3 Å². The van der Waals surface area contributed by atoms with Crippen LogP contribution in [-0.4, -0.2) is 53.0 Å². The van der Waals surface area contributed by atoms with Gasteiger partial charge < -0.3 is 23.7 Å². The molecule has 3 aromatic rings. The molecule has 1 heterocycles. The quantitative estimate of drug-likeness (QED) is 0.364. The summed E-state index contributed by atoms with van der Waals surface area (Å²) >= 11 is 1.40. The predicted octanol–water partition coefficient (Wildman–Crippen LogP) is 5.30. The van der Waals surface area contributed by atoms with Crippen molar-refractivity contribution in [3.8, 4) is 40.0 Å². The summed E-state index contributed by atoms with van der Waals surface area (Å²) in [5, 5.41) is 2.50. The molecule has 3 rings (SSSR count). The van der Waals surface area contributed by atoms with E-state index in [1.165, 1.54) is 32.7 Å². The third-order valence-electron chi connectivity index (χ3n) is 5.30. The molecule has 0 aliphatic carbocycles. The summed E-state index contributed by atoms with van der Waals surface area (Å²) in [5.74, 6) is 2.44. The maximum atomic E-state index is 13.7. The average Bonchev–Trinajstić information content (AvgIpc) is 3.37. The first-order chi connectivity index (χ1) is 16.5. The molecule has 0 unspecified atom stereocenters. The second-order valence-electron chi connectivity index (χ2n) is 7.31. The van der Waals surface area contributed by atoms with Gasteiger partial charge in [-0.05, 0) is 36.8 Å². The number of unbranched alkanes of at least 4 members (excludes halogenated alkanes) is 1. The Morgan fingerprint density at radius 3 is 2.15 bits per heavy atom. The SMILES string of the molecule is CCCCN(C(=O)c1cc(OC)c(OC)c(OC)c1)c1nc(-c2cc(OC)ccc2OC)cs1. The van der Waals surface area contributed by atoms with Gasteiger partial charge >= 0.3 is 0 Å². The molecular weight excluding hydrogens is 456 g/mol. The molecule has 34 heavy (non-hydrogen) atoms. The van der Waals surface area contributed by atoms with Gasteiger partial charge in [-0.3, -0.25) is 9.69 Å². The molecule has 2 aromatic carbocycles. The summed E-state index contributed by atoms with van der Waals surface area (Å²) in [5.41, 5.74) is 1.91. The van der Waals surface area contributed by atoms with E-state index in [9.17, 15) is 4.79 Å². The fraction of sp³-hybridized carbons (Fsp3) is 0.360. The second-order valence-corrected chi connectivity index (χ2v) is 8.14. The van der Waals surface area contributed by atoms with Crippen molar-refractivity contribution < 1.29 is 28.5 Å². The third kappa shape index (κ3) is 5.20. The first kappa shape index (κ1) is 25.2. The highest BCUT2D eigenvalue weighted by molar-refractivity contribution is 7.14. The topological polar surface area (TPSA) is 79.4 Å². The van der Waals surface area contributed by atoms with Crippen molar-refractivity contribution in [2.75, 3.05) is 47.0 Å². The van der Waals surface area contributed by atoms with E-state index in [1.54, 1.807) is 31.3 Å². The van der Waals surface area contributed by atoms with E-state index < -0.39 is 0 Å². The van der Waals surface area contributed by atoms with Crippen LogP contribution in [0, 0.1) is 0 Å². The number of aromatic nitrogens is 1. The molecule has 1 amide bonds. The lowest BCUT2D eigenvalue weighted by atomic mass is 10.1. The highest BCUT2D eigenvalue weighted by Crippen LogP contribution is 2.40. The monoisotopic (exact) mass is 486 g/mol. The Balaban J connectivity index is 2.03. The van der Waals surface area contributed by atoms with E-state index in [0.717, 1.165) is 18.4 Å². The minimum atomic E-state index is -0.203. The smallest absolute Gasteiger partial charge is 0.260 e. The first-order valence-electron chi connectivity index (χ1n) is 10.8. The molecule has 0 aliphatic rings. The van der Waals surface area contributed by atoms with Crippen LogP contribution in [0.5, 0.6) is 28.7 Å². The fourth-order valence-corrected chi connectivity index (χ4v) is 4.34. The minimum absolute atomic E-state index is 0.203. The predicted molar refractivity (Wildman–Crippen MR) is 133 cm³/mol. The zero-order valence-corrected chi connectivity index (χ0v) is 21.2. The van der Waals surface area contributed by atoms with Crippen molar-refractivity contribution in [3.05, 3.63) is 41.3 Å². The van der Waals surface area contributed by atoms with Gasteiger partial charge in [0.25, 0.3) is 5.91 Å². The Bertz CT molecular complexity index is 1110. The Hall–Kier alpha value is -3.46. The first-order valence-corrected chi connectivity index (χ1v) is 11.7. The molecule has 0 fully saturated rings. The number of nitrogens with zero attached hydrogens (tertiary/aromatic N) is 2. The van der Waals surface area contributed by atoms with Gasteiger partial charge in [0.05, 0.1) is 41.2 Å². The minimum Gasteiger partial charge on any atom is -0.497 e. The Morgan fingerprint density at radius 1 is 0.912 bits per heavy atom. The summed E-state index contributed by atoms with van der Waals surface area (Å²) in [6.07, 6.45) is 1.76. The van der Waals surface area contributed by atoms with Crippen molar-refractivity contribution in [3.63, 3.8) is 0 Å². The Kier molecular flexibility index (Phi) is 8.59. The van der Waals surface area contributed by atoms with Crippen LogP contribution in [-0.2, 0) is 0 Å². The van der Waals surface area contributed by atoms with Gasteiger partial charge in [-0.25, -0.2) is 4.98 Å². The number of carbonyl (C=O) groups excluding carboxylic acids is 1. The van der Waals surface area contributed by atoms with E-state index in [4.69, 9.17) is 28.7 Å². The molecular formula is C25H30N2O6S. The largest absolute Gasteiger partial charge is 0.497 e.